The number of fused-ring (bicyclic) bond motifs is 1. The summed E-state index contributed by atoms with van der Waals surface area (Å²) in [4.78, 5) is 24.4. The van der Waals surface area contributed by atoms with Gasteiger partial charge in [0, 0.05) is 31.6 Å². The van der Waals surface area contributed by atoms with E-state index in [2.05, 4.69) is 6.07 Å². The van der Waals surface area contributed by atoms with E-state index in [9.17, 15) is 9.59 Å². The number of carbonyl (C=O) groups excluding carboxylic acids is 1. The van der Waals surface area contributed by atoms with Gasteiger partial charge in [0.25, 0.3) is 0 Å². The van der Waals surface area contributed by atoms with E-state index in [0.717, 1.165) is 23.9 Å². The number of rotatable bonds is 4. The minimum absolute atomic E-state index is 0.000712. The molecule has 128 valence electrons. The molecule has 1 aliphatic rings. The van der Waals surface area contributed by atoms with Crippen molar-refractivity contribution in [2.24, 2.45) is 5.92 Å². The molecular weight excluding hydrogens is 308 g/mol. The third-order valence-electron chi connectivity index (χ3n) is 4.40. The molecule has 0 spiro atoms. The SMILES string of the molecule is CC(=O)n1ccc2cc(C[C@@H]3COCCN(CC(=O)O)C3)ccc21. The average Bonchev–Trinajstić information content (AvgIpc) is 2.82. The molecule has 1 aromatic carbocycles. The summed E-state index contributed by atoms with van der Waals surface area (Å²) in [6.45, 7) is 4.20. The number of carboxylic acids is 1. The number of nitrogens with zero attached hydrogens (tertiary/aromatic N) is 2. The summed E-state index contributed by atoms with van der Waals surface area (Å²) in [7, 11) is 0. The number of hydrogen-bond donors (Lipinski definition) is 1. The summed E-state index contributed by atoms with van der Waals surface area (Å²) in [5.41, 5.74) is 2.09. The molecule has 24 heavy (non-hydrogen) atoms. The van der Waals surface area contributed by atoms with E-state index in [-0.39, 0.29) is 18.4 Å². The second-order valence-electron chi connectivity index (χ2n) is 6.37. The second-order valence-corrected chi connectivity index (χ2v) is 6.37. The molecule has 1 atom stereocenters. The molecule has 2 heterocycles. The maximum atomic E-state index is 11.6. The Kier molecular flexibility index (Phi) is 4.97. The summed E-state index contributed by atoms with van der Waals surface area (Å²) in [6, 6.07) is 8.05. The third-order valence-corrected chi connectivity index (χ3v) is 4.40. The number of aromatic nitrogens is 1. The molecule has 1 fully saturated rings. The predicted molar refractivity (Wildman–Crippen MR) is 90.3 cm³/mol. The van der Waals surface area contributed by atoms with Crippen LogP contribution in [0.3, 0.4) is 0 Å². The van der Waals surface area contributed by atoms with Crippen molar-refractivity contribution in [1.29, 1.82) is 0 Å². The minimum atomic E-state index is -0.803. The van der Waals surface area contributed by atoms with Crippen molar-refractivity contribution in [2.45, 2.75) is 13.3 Å². The van der Waals surface area contributed by atoms with Crippen molar-refractivity contribution in [1.82, 2.24) is 9.47 Å². The number of carboxylic acid groups (broad SMARTS) is 1. The van der Waals surface area contributed by atoms with Crippen LogP contribution in [0.5, 0.6) is 0 Å². The molecule has 0 aliphatic carbocycles. The highest BCUT2D eigenvalue weighted by molar-refractivity contribution is 5.91. The fourth-order valence-corrected chi connectivity index (χ4v) is 3.34. The van der Waals surface area contributed by atoms with Crippen LogP contribution in [-0.4, -0.2) is 59.3 Å². The van der Waals surface area contributed by atoms with Gasteiger partial charge in [-0.3, -0.25) is 19.1 Å². The smallest absolute Gasteiger partial charge is 0.317 e. The fourth-order valence-electron chi connectivity index (χ4n) is 3.34. The molecule has 0 bridgehead atoms. The molecule has 0 amide bonds. The summed E-state index contributed by atoms with van der Waals surface area (Å²) in [5, 5.41) is 10.0. The van der Waals surface area contributed by atoms with E-state index in [0.29, 0.717) is 19.8 Å². The third kappa shape index (κ3) is 3.83. The summed E-state index contributed by atoms with van der Waals surface area (Å²) in [5.74, 6) is -0.541. The van der Waals surface area contributed by atoms with E-state index < -0.39 is 5.97 Å². The molecule has 6 heteroatoms. The molecule has 1 aliphatic heterocycles. The van der Waals surface area contributed by atoms with Crippen LogP contribution in [0.2, 0.25) is 0 Å². The zero-order valence-corrected chi connectivity index (χ0v) is 13.8. The van der Waals surface area contributed by atoms with Crippen LogP contribution >= 0.6 is 0 Å². The lowest BCUT2D eigenvalue weighted by Crippen LogP contribution is -2.35. The summed E-state index contributed by atoms with van der Waals surface area (Å²) >= 11 is 0. The van der Waals surface area contributed by atoms with Crippen molar-refractivity contribution in [3.05, 3.63) is 36.0 Å². The lowest BCUT2D eigenvalue weighted by atomic mass is 9.98. The van der Waals surface area contributed by atoms with E-state index in [1.165, 1.54) is 5.56 Å². The Morgan fingerprint density at radius 2 is 2.17 bits per heavy atom. The number of aliphatic carboxylic acids is 1. The van der Waals surface area contributed by atoms with Gasteiger partial charge in [0.05, 0.1) is 25.3 Å². The molecule has 6 nitrogen and oxygen atoms in total. The minimum Gasteiger partial charge on any atom is -0.480 e. The molecule has 2 aromatic rings. The summed E-state index contributed by atoms with van der Waals surface area (Å²) in [6.07, 6.45) is 2.62. The number of hydrogen-bond acceptors (Lipinski definition) is 4. The first kappa shape index (κ1) is 16.7. The van der Waals surface area contributed by atoms with E-state index in [1.54, 1.807) is 17.7 Å². The fraction of sp³-hybridized carbons (Fsp3) is 0.444. The average molecular weight is 330 g/mol. The van der Waals surface area contributed by atoms with Crippen LogP contribution in [0.1, 0.15) is 17.3 Å². The van der Waals surface area contributed by atoms with Gasteiger partial charge in [-0.25, -0.2) is 0 Å². The highest BCUT2D eigenvalue weighted by Gasteiger charge is 2.20. The van der Waals surface area contributed by atoms with Gasteiger partial charge in [-0.15, -0.1) is 0 Å². The molecular formula is C18H22N2O4. The lowest BCUT2D eigenvalue weighted by Gasteiger charge is -2.21. The van der Waals surface area contributed by atoms with Gasteiger partial charge >= 0.3 is 5.97 Å². The number of ether oxygens (including phenoxy) is 1. The Hall–Kier alpha value is -2.18. The van der Waals surface area contributed by atoms with Crippen molar-refractivity contribution in [3.63, 3.8) is 0 Å². The van der Waals surface area contributed by atoms with Crippen LogP contribution in [0.25, 0.3) is 10.9 Å². The molecule has 0 unspecified atom stereocenters. The molecule has 0 radical (unpaired) electrons. The van der Waals surface area contributed by atoms with Crippen molar-refractivity contribution in [2.75, 3.05) is 32.8 Å². The van der Waals surface area contributed by atoms with Crippen LogP contribution in [0.15, 0.2) is 30.5 Å². The van der Waals surface area contributed by atoms with Gasteiger partial charge in [0.1, 0.15) is 0 Å². The molecule has 1 N–H and O–H groups in total. The molecule has 1 aromatic heterocycles. The maximum Gasteiger partial charge on any atom is 0.317 e. The predicted octanol–water partition coefficient (Wildman–Crippen LogP) is 1.88. The molecule has 3 rings (SSSR count). The first-order chi connectivity index (χ1) is 11.5. The zero-order valence-electron chi connectivity index (χ0n) is 13.8. The quantitative estimate of drug-likeness (QED) is 0.927. The van der Waals surface area contributed by atoms with Crippen molar-refractivity contribution < 1.29 is 19.4 Å². The van der Waals surface area contributed by atoms with E-state index in [4.69, 9.17) is 9.84 Å². The molecule has 1 saturated heterocycles. The second kappa shape index (κ2) is 7.15. The molecule has 0 saturated carbocycles. The van der Waals surface area contributed by atoms with Gasteiger partial charge in [-0.2, -0.15) is 0 Å². The summed E-state index contributed by atoms with van der Waals surface area (Å²) < 4.78 is 7.27. The monoisotopic (exact) mass is 330 g/mol. The van der Waals surface area contributed by atoms with Crippen LogP contribution in [0, 0.1) is 5.92 Å². The van der Waals surface area contributed by atoms with Crippen LogP contribution < -0.4 is 0 Å². The Bertz CT molecular complexity index is 753. The topological polar surface area (TPSA) is 71.8 Å². The van der Waals surface area contributed by atoms with Gasteiger partial charge in [-0.1, -0.05) is 6.07 Å². The van der Waals surface area contributed by atoms with Gasteiger partial charge in [0.15, 0.2) is 0 Å². The van der Waals surface area contributed by atoms with Crippen molar-refractivity contribution >= 4 is 22.8 Å². The van der Waals surface area contributed by atoms with Crippen LogP contribution in [-0.2, 0) is 16.0 Å². The Labute approximate surface area is 140 Å². The van der Waals surface area contributed by atoms with Gasteiger partial charge in [0.2, 0.25) is 5.91 Å². The highest BCUT2D eigenvalue weighted by Crippen LogP contribution is 2.21. The van der Waals surface area contributed by atoms with Gasteiger partial charge in [-0.05, 0) is 36.1 Å². The standard InChI is InChI=1S/C18H22N2O4/c1-13(21)20-5-4-16-9-14(2-3-17(16)20)8-15-10-19(11-18(22)23)6-7-24-12-15/h2-5,9,15H,6-8,10-12H2,1H3,(H,22,23)/t15-/m0/s1. The Balaban J connectivity index is 1.73. The number of carbonyl (C=O) groups is 2. The lowest BCUT2D eigenvalue weighted by molar-refractivity contribution is -0.138. The van der Waals surface area contributed by atoms with Crippen LogP contribution in [0.4, 0.5) is 0 Å². The maximum absolute atomic E-state index is 11.6. The van der Waals surface area contributed by atoms with Gasteiger partial charge < -0.3 is 9.84 Å². The first-order valence-corrected chi connectivity index (χ1v) is 8.16. The van der Waals surface area contributed by atoms with E-state index in [1.807, 2.05) is 23.1 Å². The Morgan fingerprint density at radius 3 is 2.92 bits per heavy atom. The first-order valence-electron chi connectivity index (χ1n) is 8.16. The van der Waals surface area contributed by atoms with E-state index >= 15 is 0 Å². The largest absolute Gasteiger partial charge is 0.480 e. The Morgan fingerprint density at radius 1 is 1.33 bits per heavy atom. The zero-order chi connectivity index (χ0) is 17.1. The van der Waals surface area contributed by atoms with Crippen molar-refractivity contribution in [3.8, 4) is 0 Å². The normalized spacial score (nSPS) is 19.3. The highest BCUT2D eigenvalue weighted by atomic mass is 16.5. The number of benzene rings is 1.